The van der Waals surface area contributed by atoms with Gasteiger partial charge in [-0.3, -0.25) is 0 Å². The molecule has 1 aromatic rings. The van der Waals surface area contributed by atoms with Crippen molar-refractivity contribution in [2.75, 3.05) is 26.9 Å². The molecule has 0 radical (unpaired) electrons. The van der Waals surface area contributed by atoms with E-state index in [0.29, 0.717) is 0 Å². The lowest BCUT2D eigenvalue weighted by molar-refractivity contribution is -0.903. The summed E-state index contributed by atoms with van der Waals surface area (Å²) in [5.74, 6) is 0. The van der Waals surface area contributed by atoms with Gasteiger partial charge in [-0.05, 0) is 31.2 Å². The Morgan fingerprint density at radius 1 is 0.692 bits per heavy atom. The van der Waals surface area contributed by atoms with E-state index in [1.807, 2.05) is 11.8 Å². The topological polar surface area (TPSA) is 0 Å². The predicted octanol–water partition coefficient (Wildman–Crippen LogP) is 7.69. The number of unbranched alkanes of at least 4 members (excludes halogenated alkanes) is 11. The molecule has 0 aliphatic rings. The molecule has 0 unspecified atom stereocenters. The summed E-state index contributed by atoms with van der Waals surface area (Å²) >= 11 is 1.82. The summed E-state index contributed by atoms with van der Waals surface area (Å²) in [4.78, 5) is 1.36. The molecule has 0 aliphatic heterocycles. The van der Waals surface area contributed by atoms with Gasteiger partial charge in [0.05, 0.1) is 20.6 Å². The second kappa shape index (κ2) is 14.6. The quantitative estimate of drug-likeness (QED) is 0.161. The minimum atomic E-state index is 1.11. The summed E-state index contributed by atoms with van der Waals surface area (Å²) in [6, 6.07) is 9.11. The monoisotopic (exact) mass is 378 g/mol. The van der Waals surface area contributed by atoms with Crippen molar-refractivity contribution >= 4 is 11.8 Å². The lowest BCUT2D eigenvalue weighted by Crippen LogP contribution is -2.39. The van der Waals surface area contributed by atoms with Crippen molar-refractivity contribution in [3.05, 3.63) is 29.8 Å². The summed E-state index contributed by atoms with van der Waals surface area (Å²) in [5.41, 5.74) is 1.46. The fourth-order valence-electron chi connectivity index (χ4n) is 3.69. The lowest BCUT2D eigenvalue weighted by atomic mass is 10.1. The lowest BCUT2D eigenvalue weighted by Gasteiger charge is -2.30. The molecule has 150 valence electrons. The highest BCUT2D eigenvalue weighted by molar-refractivity contribution is 7.98. The molecule has 1 rings (SSSR count). The average Bonchev–Trinajstić information content (AvgIpc) is 2.63. The van der Waals surface area contributed by atoms with E-state index in [9.17, 15) is 0 Å². The van der Waals surface area contributed by atoms with Crippen molar-refractivity contribution in [2.45, 2.75) is 95.4 Å². The van der Waals surface area contributed by atoms with Crippen LogP contribution in [0.2, 0.25) is 0 Å². The Hall–Kier alpha value is -0.470. The number of thioether (sulfide) groups is 1. The minimum Gasteiger partial charge on any atom is -0.325 e. The zero-order valence-electron chi connectivity index (χ0n) is 18.1. The highest BCUT2D eigenvalue weighted by Crippen LogP contribution is 2.18. The molecule has 1 aromatic carbocycles. The van der Waals surface area contributed by atoms with Crippen molar-refractivity contribution in [2.24, 2.45) is 0 Å². The molecule has 0 aromatic heterocycles. The van der Waals surface area contributed by atoms with Gasteiger partial charge in [0.15, 0.2) is 0 Å². The van der Waals surface area contributed by atoms with E-state index in [4.69, 9.17) is 0 Å². The van der Waals surface area contributed by atoms with Gasteiger partial charge < -0.3 is 4.48 Å². The predicted molar refractivity (Wildman–Crippen MR) is 120 cm³/mol. The van der Waals surface area contributed by atoms with Crippen LogP contribution in [0.25, 0.3) is 0 Å². The molecule has 1 nitrogen and oxygen atoms in total. The van der Waals surface area contributed by atoms with Crippen LogP contribution in [0.3, 0.4) is 0 Å². The summed E-state index contributed by atoms with van der Waals surface area (Å²) < 4.78 is 1.11. The standard InChI is InChI=1S/C24H44NS/c1-5-6-7-8-9-10-11-12-13-14-15-16-21-25(2,3)22-23-17-19-24(26-4)20-18-23/h17-20H,5-16,21-22H2,1-4H3/q+1. The number of hydrogen-bond acceptors (Lipinski definition) is 1. The highest BCUT2D eigenvalue weighted by Gasteiger charge is 2.15. The SMILES string of the molecule is CCCCCCCCCCCCCC[N+](C)(C)Cc1ccc(SC)cc1. The first-order valence-corrected chi connectivity index (χ1v) is 12.2. The maximum Gasteiger partial charge on any atom is 0.104 e. The molecular formula is C24H44NS+. The normalized spacial score (nSPS) is 11.8. The molecule has 0 saturated carbocycles. The zero-order valence-corrected chi connectivity index (χ0v) is 18.9. The van der Waals surface area contributed by atoms with E-state index in [1.165, 1.54) is 94.1 Å². The third kappa shape index (κ3) is 12.0. The van der Waals surface area contributed by atoms with Crippen molar-refractivity contribution in [3.8, 4) is 0 Å². The van der Waals surface area contributed by atoms with Gasteiger partial charge in [0.2, 0.25) is 0 Å². The van der Waals surface area contributed by atoms with Gasteiger partial charge in [0, 0.05) is 10.5 Å². The Morgan fingerprint density at radius 2 is 1.15 bits per heavy atom. The number of benzene rings is 1. The van der Waals surface area contributed by atoms with Crippen LogP contribution < -0.4 is 0 Å². The Kier molecular flexibility index (Phi) is 13.2. The molecule has 2 heteroatoms. The molecular weight excluding hydrogens is 334 g/mol. The minimum absolute atomic E-state index is 1.11. The van der Waals surface area contributed by atoms with Crippen LogP contribution in [0.5, 0.6) is 0 Å². The average molecular weight is 379 g/mol. The largest absolute Gasteiger partial charge is 0.325 e. The second-order valence-corrected chi connectivity index (χ2v) is 9.43. The Balaban J connectivity index is 2.00. The van der Waals surface area contributed by atoms with Crippen LogP contribution in [-0.2, 0) is 6.54 Å². The first kappa shape index (κ1) is 23.6. The summed E-state index contributed by atoms with van der Waals surface area (Å²) in [7, 11) is 4.75. The van der Waals surface area contributed by atoms with E-state index in [2.05, 4.69) is 51.5 Å². The van der Waals surface area contributed by atoms with Crippen LogP contribution in [0.4, 0.5) is 0 Å². The van der Waals surface area contributed by atoms with E-state index in [1.54, 1.807) is 0 Å². The van der Waals surface area contributed by atoms with Crippen molar-refractivity contribution in [1.29, 1.82) is 0 Å². The summed E-state index contributed by atoms with van der Waals surface area (Å²) in [6.07, 6.45) is 19.3. The van der Waals surface area contributed by atoms with Crippen LogP contribution in [0.1, 0.15) is 89.5 Å². The maximum absolute atomic E-state index is 2.38. The van der Waals surface area contributed by atoms with Gasteiger partial charge in [0.1, 0.15) is 6.54 Å². The Bertz CT molecular complexity index is 438. The smallest absolute Gasteiger partial charge is 0.104 e. The molecule has 0 spiro atoms. The number of quaternary nitrogens is 1. The zero-order chi connectivity index (χ0) is 19.1. The van der Waals surface area contributed by atoms with Crippen LogP contribution in [-0.4, -0.2) is 31.4 Å². The molecule has 0 bridgehead atoms. The number of rotatable bonds is 16. The first-order valence-electron chi connectivity index (χ1n) is 11.0. The van der Waals surface area contributed by atoms with Crippen molar-refractivity contribution < 1.29 is 4.48 Å². The van der Waals surface area contributed by atoms with Crippen molar-refractivity contribution in [3.63, 3.8) is 0 Å². The van der Waals surface area contributed by atoms with Gasteiger partial charge >= 0.3 is 0 Å². The van der Waals surface area contributed by atoms with Crippen molar-refractivity contribution in [1.82, 2.24) is 0 Å². The fourth-order valence-corrected chi connectivity index (χ4v) is 4.09. The fraction of sp³-hybridized carbons (Fsp3) is 0.750. The molecule has 0 fully saturated rings. The van der Waals surface area contributed by atoms with Gasteiger partial charge in [0.25, 0.3) is 0 Å². The van der Waals surface area contributed by atoms with Gasteiger partial charge in [-0.25, -0.2) is 0 Å². The molecule has 0 amide bonds. The molecule has 0 N–H and O–H groups in total. The van der Waals surface area contributed by atoms with Crippen LogP contribution in [0.15, 0.2) is 29.2 Å². The molecule has 0 heterocycles. The Labute approximate surface area is 168 Å². The van der Waals surface area contributed by atoms with Gasteiger partial charge in [-0.2, -0.15) is 0 Å². The highest BCUT2D eigenvalue weighted by atomic mass is 32.2. The van der Waals surface area contributed by atoms with Gasteiger partial charge in [-0.15, -0.1) is 11.8 Å². The Morgan fingerprint density at radius 3 is 1.62 bits per heavy atom. The summed E-state index contributed by atoms with van der Waals surface area (Å²) in [6.45, 7) is 4.73. The maximum atomic E-state index is 2.38. The second-order valence-electron chi connectivity index (χ2n) is 8.55. The van der Waals surface area contributed by atoms with Crippen LogP contribution >= 0.6 is 11.8 Å². The van der Waals surface area contributed by atoms with Crippen LogP contribution in [0, 0.1) is 0 Å². The summed E-state index contributed by atoms with van der Waals surface area (Å²) in [5, 5.41) is 0. The number of nitrogens with zero attached hydrogens (tertiary/aromatic N) is 1. The third-order valence-corrected chi connectivity index (χ3v) is 6.13. The van der Waals surface area contributed by atoms with E-state index in [0.717, 1.165) is 11.0 Å². The number of hydrogen-bond donors (Lipinski definition) is 0. The van der Waals surface area contributed by atoms with E-state index >= 15 is 0 Å². The molecule has 0 atom stereocenters. The van der Waals surface area contributed by atoms with E-state index in [-0.39, 0.29) is 0 Å². The first-order chi connectivity index (χ1) is 12.6. The molecule has 0 aliphatic carbocycles. The van der Waals surface area contributed by atoms with Gasteiger partial charge in [-0.1, -0.05) is 83.3 Å². The molecule has 0 saturated heterocycles. The molecule has 26 heavy (non-hydrogen) atoms. The van der Waals surface area contributed by atoms with E-state index < -0.39 is 0 Å². The third-order valence-electron chi connectivity index (χ3n) is 5.39.